The lowest BCUT2D eigenvalue weighted by Gasteiger charge is -2.08. The monoisotopic (exact) mass is 269 g/mol. The summed E-state index contributed by atoms with van der Waals surface area (Å²) in [6.45, 7) is 3.67. The number of hydrogen-bond acceptors (Lipinski definition) is 2. The summed E-state index contributed by atoms with van der Waals surface area (Å²) in [7, 11) is 0. The van der Waals surface area contributed by atoms with Crippen LogP contribution in [0.15, 0.2) is 12.2 Å². The number of amides is 1. The second-order valence-electron chi connectivity index (χ2n) is 4.84. The van der Waals surface area contributed by atoms with Crippen LogP contribution in [-0.4, -0.2) is 23.0 Å². The standard InChI is InChI=1S/C15H27NO3/c1-3-4-5-6-7-8-9-10-11-12-14(17)16-13(2)15(18)19/h8-9,13H,3-7,10-12H2,1-2H3,(H,16,17)(H,18,19)/b9-8-. The minimum absolute atomic E-state index is 0.189. The molecule has 0 aliphatic carbocycles. The Labute approximate surface area is 116 Å². The number of carbonyl (C=O) groups excluding carboxylic acids is 1. The highest BCUT2D eigenvalue weighted by Gasteiger charge is 2.12. The maximum absolute atomic E-state index is 11.4. The molecule has 0 aromatic carbocycles. The predicted octanol–water partition coefficient (Wildman–Crippen LogP) is 3.27. The van der Waals surface area contributed by atoms with Gasteiger partial charge in [-0.05, 0) is 32.6 Å². The summed E-state index contributed by atoms with van der Waals surface area (Å²) in [5.74, 6) is -1.19. The molecule has 0 saturated heterocycles. The molecule has 0 bridgehead atoms. The number of allylic oxidation sites excluding steroid dienone is 2. The summed E-state index contributed by atoms with van der Waals surface area (Å²) in [6, 6.07) is -0.804. The first kappa shape index (κ1) is 17.7. The van der Waals surface area contributed by atoms with Crippen molar-refractivity contribution in [2.24, 2.45) is 0 Å². The summed E-state index contributed by atoms with van der Waals surface area (Å²) in [5.41, 5.74) is 0. The fourth-order valence-electron chi connectivity index (χ4n) is 1.68. The van der Waals surface area contributed by atoms with Gasteiger partial charge in [-0.1, -0.05) is 38.3 Å². The molecule has 4 nitrogen and oxygen atoms in total. The summed E-state index contributed by atoms with van der Waals surface area (Å²) < 4.78 is 0. The number of nitrogens with one attached hydrogen (secondary N) is 1. The van der Waals surface area contributed by atoms with Crippen molar-refractivity contribution in [2.75, 3.05) is 0 Å². The van der Waals surface area contributed by atoms with Gasteiger partial charge in [0.1, 0.15) is 6.04 Å². The van der Waals surface area contributed by atoms with Crippen LogP contribution in [0.25, 0.3) is 0 Å². The number of carboxylic acid groups (broad SMARTS) is 1. The molecule has 1 unspecified atom stereocenters. The van der Waals surface area contributed by atoms with Gasteiger partial charge in [0.15, 0.2) is 0 Å². The van der Waals surface area contributed by atoms with E-state index in [9.17, 15) is 9.59 Å². The van der Waals surface area contributed by atoms with Crippen LogP contribution in [0.2, 0.25) is 0 Å². The van der Waals surface area contributed by atoms with Crippen LogP contribution < -0.4 is 5.32 Å². The van der Waals surface area contributed by atoms with E-state index in [4.69, 9.17) is 5.11 Å². The lowest BCUT2D eigenvalue weighted by molar-refractivity contribution is -0.141. The molecule has 0 saturated carbocycles. The molecule has 0 radical (unpaired) electrons. The fraction of sp³-hybridized carbons (Fsp3) is 0.733. The third-order valence-electron chi connectivity index (χ3n) is 2.91. The molecule has 0 aromatic rings. The maximum atomic E-state index is 11.4. The third-order valence-corrected chi connectivity index (χ3v) is 2.91. The highest BCUT2D eigenvalue weighted by atomic mass is 16.4. The molecule has 4 heteroatoms. The Morgan fingerprint density at radius 3 is 2.32 bits per heavy atom. The molecule has 0 spiro atoms. The van der Waals surface area contributed by atoms with Gasteiger partial charge in [-0.25, -0.2) is 0 Å². The van der Waals surface area contributed by atoms with Gasteiger partial charge in [-0.3, -0.25) is 9.59 Å². The molecule has 0 aliphatic rings. The average Bonchev–Trinajstić information content (AvgIpc) is 2.36. The SMILES string of the molecule is CCCCCC/C=C\CCCC(=O)NC(C)C(=O)O. The van der Waals surface area contributed by atoms with E-state index in [0.29, 0.717) is 6.42 Å². The molecule has 0 heterocycles. The second kappa shape index (κ2) is 11.8. The number of hydrogen-bond donors (Lipinski definition) is 2. The van der Waals surface area contributed by atoms with Crippen LogP contribution >= 0.6 is 0 Å². The molecule has 110 valence electrons. The summed E-state index contributed by atoms with van der Waals surface area (Å²) in [5, 5.41) is 11.1. The molecule has 0 rings (SSSR count). The van der Waals surface area contributed by atoms with Crippen molar-refractivity contribution >= 4 is 11.9 Å². The number of carbonyl (C=O) groups is 2. The molecule has 2 N–H and O–H groups in total. The minimum Gasteiger partial charge on any atom is -0.480 e. The lowest BCUT2D eigenvalue weighted by Crippen LogP contribution is -2.38. The van der Waals surface area contributed by atoms with Gasteiger partial charge in [-0.15, -0.1) is 0 Å². The van der Waals surface area contributed by atoms with Crippen molar-refractivity contribution < 1.29 is 14.7 Å². The van der Waals surface area contributed by atoms with Crippen molar-refractivity contribution in [2.45, 2.75) is 71.3 Å². The van der Waals surface area contributed by atoms with Gasteiger partial charge in [0.25, 0.3) is 0 Å². The topological polar surface area (TPSA) is 66.4 Å². The highest BCUT2D eigenvalue weighted by Crippen LogP contribution is 2.04. The zero-order chi connectivity index (χ0) is 14.5. The van der Waals surface area contributed by atoms with Crippen LogP contribution in [0, 0.1) is 0 Å². The van der Waals surface area contributed by atoms with Gasteiger partial charge in [0.2, 0.25) is 5.91 Å². The Hall–Kier alpha value is -1.32. The first-order valence-corrected chi connectivity index (χ1v) is 7.25. The van der Waals surface area contributed by atoms with Gasteiger partial charge >= 0.3 is 5.97 Å². The normalized spacial score (nSPS) is 12.5. The number of unbranched alkanes of at least 4 members (excludes halogenated alkanes) is 5. The molecule has 0 fully saturated rings. The summed E-state index contributed by atoms with van der Waals surface area (Å²) in [6.07, 6.45) is 12.5. The minimum atomic E-state index is -1.000. The largest absolute Gasteiger partial charge is 0.480 e. The van der Waals surface area contributed by atoms with Gasteiger partial charge in [0.05, 0.1) is 0 Å². The van der Waals surface area contributed by atoms with Crippen molar-refractivity contribution in [1.82, 2.24) is 5.32 Å². The number of rotatable bonds is 11. The van der Waals surface area contributed by atoms with Crippen LogP contribution in [0.4, 0.5) is 0 Å². The van der Waals surface area contributed by atoms with E-state index >= 15 is 0 Å². The molecule has 1 amide bonds. The predicted molar refractivity (Wildman–Crippen MR) is 77.0 cm³/mol. The molecule has 0 aliphatic heterocycles. The van der Waals surface area contributed by atoms with E-state index in [-0.39, 0.29) is 5.91 Å². The maximum Gasteiger partial charge on any atom is 0.325 e. The zero-order valence-electron chi connectivity index (χ0n) is 12.2. The van der Waals surface area contributed by atoms with Crippen LogP contribution in [0.5, 0.6) is 0 Å². The van der Waals surface area contributed by atoms with E-state index in [0.717, 1.165) is 19.3 Å². The van der Waals surface area contributed by atoms with Gasteiger partial charge in [-0.2, -0.15) is 0 Å². The summed E-state index contributed by atoms with van der Waals surface area (Å²) in [4.78, 5) is 21.9. The van der Waals surface area contributed by atoms with Crippen LogP contribution in [0.1, 0.15) is 65.2 Å². The summed E-state index contributed by atoms with van der Waals surface area (Å²) >= 11 is 0. The Kier molecular flexibility index (Phi) is 10.9. The van der Waals surface area contributed by atoms with Crippen molar-refractivity contribution in [1.29, 1.82) is 0 Å². The Morgan fingerprint density at radius 1 is 1.11 bits per heavy atom. The quantitative estimate of drug-likeness (QED) is 0.447. The fourth-order valence-corrected chi connectivity index (χ4v) is 1.68. The van der Waals surface area contributed by atoms with Gasteiger partial charge in [0, 0.05) is 6.42 Å². The molecule has 0 aromatic heterocycles. The van der Waals surface area contributed by atoms with Crippen molar-refractivity contribution in [3.63, 3.8) is 0 Å². The molecular weight excluding hydrogens is 242 g/mol. The molecule has 19 heavy (non-hydrogen) atoms. The van der Waals surface area contributed by atoms with E-state index in [1.165, 1.54) is 32.6 Å². The first-order valence-electron chi connectivity index (χ1n) is 7.25. The smallest absolute Gasteiger partial charge is 0.325 e. The zero-order valence-corrected chi connectivity index (χ0v) is 12.2. The van der Waals surface area contributed by atoms with Crippen molar-refractivity contribution in [3.05, 3.63) is 12.2 Å². The average molecular weight is 269 g/mol. The van der Waals surface area contributed by atoms with Crippen molar-refractivity contribution in [3.8, 4) is 0 Å². The second-order valence-corrected chi connectivity index (χ2v) is 4.84. The molecular formula is C15H27NO3. The van der Waals surface area contributed by atoms with Gasteiger partial charge < -0.3 is 10.4 Å². The van der Waals surface area contributed by atoms with Crippen LogP contribution in [0.3, 0.4) is 0 Å². The van der Waals surface area contributed by atoms with E-state index < -0.39 is 12.0 Å². The highest BCUT2D eigenvalue weighted by molar-refractivity contribution is 5.83. The Morgan fingerprint density at radius 2 is 1.74 bits per heavy atom. The lowest BCUT2D eigenvalue weighted by atomic mass is 10.1. The molecule has 1 atom stereocenters. The Bertz CT molecular complexity index is 287. The third kappa shape index (κ3) is 11.5. The van der Waals surface area contributed by atoms with E-state index in [1.54, 1.807) is 0 Å². The Balaban J connectivity index is 3.45. The van der Waals surface area contributed by atoms with E-state index in [2.05, 4.69) is 24.4 Å². The first-order chi connectivity index (χ1) is 9.07. The number of aliphatic carboxylic acids is 1. The van der Waals surface area contributed by atoms with Crippen LogP contribution in [-0.2, 0) is 9.59 Å². The number of carboxylic acids is 1. The van der Waals surface area contributed by atoms with E-state index in [1.807, 2.05) is 0 Å².